The summed E-state index contributed by atoms with van der Waals surface area (Å²) in [5.74, 6) is 0.863. The van der Waals surface area contributed by atoms with Crippen molar-refractivity contribution in [3.8, 4) is 0 Å². The van der Waals surface area contributed by atoms with E-state index in [1.165, 1.54) is 32.4 Å². The molecule has 5 nitrogen and oxygen atoms in total. The Bertz CT molecular complexity index is 581. The van der Waals surface area contributed by atoms with Crippen molar-refractivity contribution in [2.75, 3.05) is 38.1 Å². The van der Waals surface area contributed by atoms with E-state index in [0.29, 0.717) is 6.54 Å². The zero-order valence-electron chi connectivity index (χ0n) is 12.9. The average Bonchev–Trinajstić information content (AvgIpc) is 2.89. The first-order valence-corrected chi connectivity index (χ1v) is 7.91. The Hall–Kier alpha value is -1.30. The van der Waals surface area contributed by atoms with Gasteiger partial charge in [0.2, 0.25) is 5.95 Å². The molecule has 1 aliphatic rings. The van der Waals surface area contributed by atoms with Crippen LogP contribution in [0.25, 0.3) is 11.0 Å². The molecule has 3 rings (SSSR count). The largest absolute Gasteiger partial charge is 0.395 e. The number of benzene rings is 1. The van der Waals surface area contributed by atoms with Crippen molar-refractivity contribution >= 4 is 29.4 Å². The Morgan fingerprint density at radius 3 is 2.64 bits per heavy atom. The van der Waals surface area contributed by atoms with Crippen LogP contribution in [-0.4, -0.2) is 52.3 Å². The van der Waals surface area contributed by atoms with Crippen LogP contribution in [-0.2, 0) is 6.54 Å². The van der Waals surface area contributed by atoms with Gasteiger partial charge in [0.25, 0.3) is 0 Å². The van der Waals surface area contributed by atoms with Crippen molar-refractivity contribution in [2.45, 2.75) is 25.8 Å². The van der Waals surface area contributed by atoms with Crippen LogP contribution in [0.1, 0.15) is 19.3 Å². The second-order valence-corrected chi connectivity index (χ2v) is 5.63. The van der Waals surface area contributed by atoms with Crippen molar-refractivity contribution in [2.24, 2.45) is 0 Å². The predicted molar refractivity (Wildman–Crippen MR) is 92.8 cm³/mol. The van der Waals surface area contributed by atoms with Crippen molar-refractivity contribution in [1.29, 1.82) is 0 Å². The fraction of sp³-hybridized carbons (Fsp3) is 0.562. The molecule has 0 bridgehead atoms. The summed E-state index contributed by atoms with van der Waals surface area (Å²) in [6, 6.07) is 8.22. The van der Waals surface area contributed by atoms with Crippen molar-refractivity contribution < 1.29 is 5.11 Å². The number of hydrogen-bond acceptors (Lipinski definition) is 4. The molecule has 0 aliphatic carbocycles. The van der Waals surface area contributed by atoms with Gasteiger partial charge in [-0.3, -0.25) is 0 Å². The first kappa shape index (κ1) is 17.1. The first-order valence-electron chi connectivity index (χ1n) is 7.91. The number of piperidine rings is 1. The zero-order chi connectivity index (χ0) is 14.5. The fourth-order valence-electron chi connectivity index (χ4n) is 3.03. The summed E-state index contributed by atoms with van der Waals surface area (Å²) in [5.41, 5.74) is 2.17. The van der Waals surface area contributed by atoms with Crippen LogP contribution in [0.3, 0.4) is 0 Å². The minimum absolute atomic E-state index is 0. The molecule has 1 saturated heterocycles. The van der Waals surface area contributed by atoms with Gasteiger partial charge < -0.3 is 19.9 Å². The number of rotatable bonds is 6. The SMILES string of the molecule is Cl.OCCNc1nc2ccccc2n1CCN1CCCCC1. The summed E-state index contributed by atoms with van der Waals surface area (Å²) >= 11 is 0. The standard InChI is InChI=1S/C16H24N4O.ClH/c21-13-8-17-16-18-14-6-2-3-7-15(14)20(16)12-11-19-9-4-1-5-10-19;/h2-3,6-7,21H,1,4-5,8-13H2,(H,17,18);1H. The number of hydrogen-bond donors (Lipinski definition) is 2. The lowest BCUT2D eigenvalue weighted by Crippen LogP contribution is -2.32. The molecule has 2 N–H and O–H groups in total. The Morgan fingerprint density at radius 1 is 1.09 bits per heavy atom. The molecule has 0 saturated carbocycles. The van der Waals surface area contributed by atoms with Crippen LogP contribution < -0.4 is 5.32 Å². The number of para-hydroxylation sites is 2. The van der Waals surface area contributed by atoms with E-state index in [2.05, 4.69) is 31.9 Å². The van der Waals surface area contributed by atoms with E-state index < -0.39 is 0 Å². The Labute approximate surface area is 137 Å². The van der Waals surface area contributed by atoms with Gasteiger partial charge in [-0.05, 0) is 38.1 Å². The molecule has 0 spiro atoms. The average molecular weight is 325 g/mol. The molecule has 1 fully saturated rings. The van der Waals surface area contributed by atoms with E-state index >= 15 is 0 Å². The molecule has 0 atom stereocenters. The highest BCUT2D eigenvalue weighted by atomic mass is 35.5. The van der Waals surface area contributed by atoms with Gasteiger partial charge in [-0.25, -0.2) is 4.98 Å². The highest BCUT2D eigenvalue weighted by molar-refractivity contribution is 5.85. The maximum atomic E-state index is 9.02. The lowest BCUT2D eigenvalue weighted by molar-refractivity contribution is 0.222. The lowest BCUT2D eigenvalue weighted by atomic mass is 10.1. The Kier molecular flexibility index (Phi) is 6.49. The molecular formula is C16H25ClN4O. The topological polar surface area (TPSA) is 53.3 Å². The van der Waals surface area contributed by atoms with E-state index in [-0.39, 0.29) is 19.0 Å². The van der Waals surface area contributed by atoms with Gasteiger partial charge in [-0.2, -0.15) is 0 Å². The molecule has 2 aromatic rings. The number of aromatic nitrogens is 2. The normalized spacial score (nSPS) is 15.7. The summed E-state index contributed by atoms with van der Waals surface area (Å²) < 4.78 is 2.24. The predicted octanol–water partition coefficient (Wildman–Crippen LogP) is 2.35. The second-order valence-electron chi connectivity index (χ2n) is 5.63. The number of likely N-dealkylation sites (tertiary alicyclic amines) is 1. The molecule has 2 heterocycles. The number of imidazole rings is 1. The molecule has 0 amide bonds. The summed E-state index contributed by atoms with van der Waals surface area (Å²) in [6.45, 7) is 5.09. The molecule has 1 aromatic carbocycles. The van der Waals surface area contributed by atoms with E-state index in [1.54, 1.807) is 0 Å². The van der Waals surface area contributed by atoms with E-state index in [0.717, 1.165) is 30.1 Å². The molecule has 0 unspecified atom stereocenters. The van der Waals surface area contributed by atoms with Gasteiger partial charge in [0.1, 0.15) is 0 Å². The van der Waals surface area contributed by atoms with Crippen LogP contribution in [0.15, 0.2) is 24.3 Å². The van der Waals surface area contributed by atoms with Gasteiger partial charge in [0.05, 0.1) is 17.6 Å². The monoisotopic (exact) mass is 324 g/mol. The van der Waals surface area contributed by atoms with Crippen LogP contribution in [0.5, 0.6) is 0 Å². The second kappa shape index (κ2) is 8.36. The maximum absolute atomic E-state index is 9.02. The van der Waals surface area contributed by atoms with E-state index in [4.69, 9.17) is 5.11 Å². The molecule has 122 valence electrons. The zero-order valence-corrected chi connectivity index (χ0v) is 13.7. The van der Waals surface area contributed by atoms with Gasteiger partial charge in [-0.1, -0.05) is 18.6 Å². The van der Waals surface area contributed by atoms with Gasteiger partial charge in [-0.15, -0.1) is 12.4 Å². The quantitative estimate of drug-likeness (QED) is 0.856. The van der Waals surface area contributed by atoms with Crippen molar-refractivity contribution in [3.05, 3.63) is 24.3 Å². The molecule has 1 aromatic heterocycles. The highest BCUT2D eigenvalue weighted by Gasteiger charge is 2.13. The third-order valence-corrected chi connectivity index (χ3v) is 4.14. The smallest absolute Gasteiger partial charge is 0.204 e. The number of nitrogens with one attached hydrogen (secondary N) is 1. The number of fused-ring (bicyclic) bond motifs is 1. The number of halogens is 1. The minimum Gasteiger partial charge on any atom is -0.395 e. The van der Waals surface area contributed by atoms with Crippen molar-refractivity contribution in [1.82, 2.24) is 14.5 Å². The summed E-state index contributed by atoms with van der Waals surface area (Å²) in [7, 11) is 0. The van der Waals surface area contributed by atoms with Crippen LogP contribution >= 0.6 is 12.4 Å². The van der Waals surface area contributed by atoms with Gasteiger partial charge >= 0.3 is 0 Å². The van der Waals surface area contributed by atoms with Gasteiger partial charge in [0, 0.05) is 19.6 Å². The summed E-state index contributed by atoms with van der Waals surface area (Å²) in [4.78, 5) is 7.17. The molecule has 0 radical (unpaired) electrons. The first-order chi connectivity index (χ1) is 10.4. The Balaban J connectivity index is 0.00000176. The third-order valence-electron chi connectivity index (χ3n) is 4.14. The van der Waals surface area contributed by atoms with Crippen LogP contribution in [0.4, 0.5) is 5.95 Å². The number of anilines is 1. The fourth-order valence-corrected chi connectivity index (χ4v) is 3.03. The number of aliphatic hydroxyl groups is 1. The number of nitrogens with zero attached hydrogens (tertiary/aromatic N) is 3. The summed E-state index contributed by atoms with van der Waals surface area (Å²) in [5, 5.41) is 12.2. The molecule has 1 aliphatic heterocycles. The lowest BCUT2D eigenvalue weighted by Gasteiger charge is -2.26. The van der Waals surface area contributed by atoms with Crippen LogP contribution in [0.2, 0.25) is 0 Å². The maximum Gasteiger partial charge on any atom is 0.204 e. The number of aliphatic hydroxyl groups excluding tert-OH is 1. The van der Waals surface area contributed by atoms with Gasteiger partial charge in [0.15, 0.2) is 0 Å². The minimum atomic E-state index is 0. The van der Waals surface area contributed by atoms with E-state index in [9.17, 15) is 0 Å². The van der Waals surface area contributed by atoms with E-state index in [1.807, 2.05) is 12.1 Å². The third kappa shape index (κ3) is 3.91. The molecule has 6 heteroatoms. The highest BCUT2D eigenvalue weighted by Crippen LogP contribution is 2.20. The van der Waals surface area contributed by atoms with Crippen LogP contribution in [0, 0.1) is 0 Å². The Morgan fingerprint density at radius 2 is 1.86 bits per heavy atom. The van der Waals surface area contributed by atoms with Crippen molar-refractivity contribution in [3.63, 3.8) is 0 Å². The molecule has 22 heavy (non-hydrogen) atoms. The molecular weight excluding hydrogens is 300 g/mol. The summed E-state index contributed by atoms with van der Waals surface area (Å²) in [6.07, 6.45) is 4.01.